The van der Waals surface area contributed by atoms with Gasteiger partial charge < -0.3 is 15.1 Å². The Kier molecular flexibility index (Phi) is 6.44. The smallest absolute Gasteiger partial charge is 0.229 e. The van der Waals surface area contributed by atoms with Crippen LogP contribution in [0, 0.1) is 0 Å². The number of hydrogen-bond acceptors (Lipinski definition) is 6. The molecular formula is C27H34N6. The summed E-state index contributed by atoms with van der Waals surface area (Å²) >= 11 is 0. The third kappa shape index (κ3) is 5.28. The minimum absolute atomic E-state index is 0.403. The van der Waals surface area contributed by atoms with Gasteiger partial charge in [0.15, 0.2) is 0 Å². The van der Waals surface area contributed by atoms with Gasteiger partial charge >= 0.3 is 0 Å². The second-order valence-electron chi connectivity index (χ2n) is 9.41. The van der Waals surface area contributed by atoms with E-state index < -0.39 is 0 Å². The SMILES string of the molecule is CN(C)c1cc(NC2CCc3ccccc3C2)nc(N2CCN(Cc3ccccc3)CC2)n1. The molecule has 1 saturated heterocycles. The molecule has 1 aliphatic heterocycles. The predicted molar refractivity (Wildman–Crippen MR) is 136 cm³/mol. The third-order valence-electron chi connectivity index (χ3n) is 6.76. The molecule has 3 aromatic rings. The summed E-state index contributed by atoms with van der Waals surface area (Å²) in [4.78, 5) is 16.7. The minimum Gasteiger partial charge on any atom is -0.367 e. The lowest BCUT2D eigenvalue weighted by molar-refractivity contribution is 0.248. The van der Waals surface area contributed by atoms with Crippen molar-refractivity contribution in [2.75, 3.05) is 55.4 Å². The Morgan fingerprint density at radius 1 is 0.909 bits per heavy atom. The monoisotopic (exact) mass is 442 g/mol. The fraction of sp³-hybridized carbons (Fsp3) is 0.407. The Bertz CT molecular complexity index is 1060. The highest BCUT2D eigenvalue weighted by Gasteiger charge is 2.22. The molecule has 1 unspecified atom stereocenters. The molecule has 172 valence electrons. The van der Waals surface area contributed by atoms with Crippen LogP contribution in [0.3, 0.4) is 0 Å². The van der Waals surface area contributed by atoms with Gasteiger partial charge in [-0.15, -0.1) is 0 Å². The zero-order valence-corrected chi connectivity index (χ0v) is 19.7. The van der Waals surface area contributed by atoms with Gasteiger partial charge in [0.2, 0.25) is 5.95 Å². The van der Waals surface area contributed by atoms with Gasteiger partial charge in [0.25, 0.3) is 0 Å². The Hall–Kier alpha value is -3.12. The maximum absolute atomic E-state index is 4.96. The van der Waals surface area contributed by atoms with E-state index in [1.165, 1.54) is 16.7 Å². The number of hydrogen-bond donors (Lipinski definition) is 1. The molecular weight excluding hydrogens is 408 g/mol. The molecule has 0 bridgehead atoms. The highest BCUT2D eigenvalue weighted by molar-refractivity contribution is 5.54. The van der Waals surface area contributed by atoms with E-state index in [0.29, 0.717) is 6.04 Å². The fourth-order valence-corrected chi connectivity index (χ4v) is 4.84. The molecule has 5 rings (SSSR count). The average Bonchev–Trinajstić information content (AvgIpc) is 2.85. The third-order valence-corrected chi connectivity index (χ3v) is 6.76. The van der Waals surface area contributed by atoms with Gasteiger partial charge in [-0.25, -0.2) is 0 Å². The maximum atomic E-state index is 4.96. The van der Waals surface area contributed by atoms with Crippen molar-refractivity contribution in [2.24, 2.45) is 0 Å². The van der Waals surface area contributed by atoms with E-state index in [4.69, 9.17) is 9.97 Å². The van der Waals surface area contributed by atoms with Gasteiger partial charge in [-0.2, -0.15) is 9.97 Å². The first-order chi connectivity index (χ1) is 16.1. The van der Waals surface area contributed by atoms with Crippen molar-refractivity contribution in [1.29, 1.82) is 0 Å². The van der Waals surface area contributed by atoms with E-state index in [-0.39, 0.29) is 0 Å². The number of piperazine rings is 1. The molecule has 1 aromatic heterocycles. The standard InChI is InChI=1S/C27H34N6/c1-31(2)26-19-25(28-24-13-12-22-10-6-7-11-23(22)18-24)29-27(30-26)33-16-14-32(15-17-33)20-21-8-4-3-5-9-21/h3-11,19,24H,12-18,20H2,1-2H3,(H,28,29,30). The van der Waals surface area contributed by atoms with E-state index in [1.807, 2.05) is 14.1 Å². The summed E-state index contributed by atoms with van der Waals surface area (Å²) in [7, 11) is 4.09. The van der Waals surface area contributed by atoms with Crippen molar-refractivity contribution < 1.29 is 0 Å². The van der Waals surface area contributed by atoms with Crippen LogP contribution in [0.15, 0.2) is 60.7 Å². The number of anilines is 3. The summed E-state index contributed by atoms with van der Waals surface area (Å²) in [6, 6.07) is 22.0. The second-order valence-corrected chi connectivity index (χ2v) is 9.41. The first kappa shape index (κ1) is 21.7. The van der Waals surface area contributed by atoms with Crippen LogP contribution >= 0.6 is 0 Å². The summed E-state index contributed by atoms with van der Waals surface area (Å²) in [6.45, 7) is 4.93. The quantitative estimate of drug-likeness (QED) is 0.626. The van der Waals surface area contributed by atoms with E-state index in [9.17, 15) is 0 Å². The molecule has 6 heteroatoms. The number of nitrogens with zero attached hydrogens (tertiary/aromatic N) is 5. The van der Waals surface area contributed by atoms with Crippen LogP contribution in [0.5, 0.6) is 0 Å². The van der Waals surface area contributed by atoms with Gasteiger partial charge in [-0.05, 0) is 36.0 Å². The number of rotatable bonds is 6. The van der Waals surface area contributed by atoms with Crippen molar-refractivity contribution in [1.82, 2.24) is 14.9 Å². The average molecular weight is 443 g/mol. The summed E-state index contributed by atoms with van der Waals surface area (Å²) in [5.74, 6) is 2.71. The van der Waals surface area contributed by atoms with Crippen LogP contribution in [-0.4, -0.2) is 61.2 Å². The predicted octanol–water partition coefficient (Wildman–Crippen LogP) is 3.83. The number of fused-ring (bicyclic) bond motifs is 1. The lowest BCUT2D eigenvalue weighted by atomic mass is 9.88. The molecule has 1 fully saturated rings. The highest BCUT2D eigenvalue weighted by atomic mass is 15.3. The zero-order valence-electron chi connectivity index (χ0n) is 19.7. The molecule has 0 radical (unpaired) electrons. The summed E-state index contributed by atoms with van der Waals surface area (Å²) in [6.07, 6.45) is 3.30. The molecule has 33 heavy (non-hydrogen) atoms. The Morgan fingerprint density at radius 2 is 1.64 bits per heavy atom. The van der Waals surface area contributed by atoms with Crippen LogP contribution in [0.2, 0.25) is 0 Å². The lowest BCUT2D eigenvalue weighted by Gasteiger charge is -2.35. The van der Waals surface area contributed by atoms with Crippen LogP contribution in [0.4, 0.5) is 17.6 Å². The molecule has 1 N–H and O–H groups in total. The minimum atomic E-state index is 0.403. The molecule has 6 nitrogen and oxygen atoms in total. The van der Waals surface area contributed by atoms with E-state index in [0.717, 1.165) is 69.6 Å². The molecule has 0 spiro atoms. The van der Waals surface area contributed by atoms with E-state index in [2.05, 4.69) is 80.7 Å². The first-order valence-corrected chi connectivity index (χ1v) is 12.0. The van der Waals surface area contributed by atoms with Crippen LogP contribution in [-0.2, 0) is 19.4 Å². The Balaban J connectivity index is 1.26. The molecule has 1 aliphatic carbocycles. The number of aryl methyl sites for hydroxylation is 1. The normalized spacial score (nSPS) is 18.6. The van der Waals surface area contributed by atoms with Crippen molar-refractivity contribution in [3.8, 4) is 0 Å². The topological polar surface area (TPSA) is 47.5 Å². The van der Waals surface area contributed by atoms with Crippen molar-refractivity contribution in [3.05, 3.63) is 77.4 Å². The number of nitrogens with one attached hydrogen (secondary N) is 1. The summed E-state index contributed by atoms with van der Waals surface area (Å²) in [5, 5.41) is 3.72. The van der Waals surface area contributed by atoms with Crippen molar-refractivity contribution >= 4 is 17.6 Å². The molecule has 1 atom stereocenters. The molecule has 2 aliphatic rings. The van der Waals surface area contributed by atoms with Gasteiger partial charge in [0.1, 0.15) is 11.6 Å². The van der Waals surface area contributed by atoms with Gasteiger partial charge in [0.05, 0.1) is 0 Å². The van der Waals surface area contributed by atoms with Gasteiger partial charge in [-0.3, -0.25) is 4.90 Å². The fourth-order valence-electron chi connectivity index (χ4n) is 4.84. The largest absolute Gasteiger partial charge is 0.367 e. The van der Waals surface area contributed by atoms with E-state index in [1.54, 1.807) is 0 Å². The summed E-state index contributed by atoms with van der Waals surface area (Å²) in [5.41, 5.74) is 4.32. The van der Waals surface area contributed by atoms with Crippen LogP contribution in [0.25, 0.3) is 0 Å². The number of benzene rings is 2. The molecule has 2 aromatic carbocycles. The molecule has 0 saturated carbocycles. The summed E-state index contributed by atoms with van der Waals surface area (Å²) < 4.78 is 0. The van der Waals surface area contributed by atoms with Gasteiger partial charge in [0, 0.05) is 58.9 Å². The lowest BCUT2D eigenvalue weighted by Crippen LogP contribution is -2.46. The van der Waals surface area contributed by atoms with Crippen LogP contribution < -0.4 is 15.1 Å². The zero-order chi connectivity index (χ0) is 22.6. The maximum Gasteiger partial charge on any atom is 0.229 e. The molecule has 2 heterocycles. The van der Waals surface area contributed by atoms with Crippen molar-refractivity contribution in [3.63, 3.8) is 0 Å². The van der Waals surface area contributed by atoms with Gasteiger partial charge in [-0.1, -0.05) is 54.6 Å². The van der Waals surface area contributed by atoms with Crippen LogP contribution in [0.1, 0.15) is 23.1 Å². The van der Waals surface area contributed by atoms with Crippen molar-refractivity contribution in [2.45, 2.75) is 31.8 Å². The highest BCUT2D eigenvalue weighted by Crippen LogP contribution is 2.26. The second kappa shape index (κ2) is 9.79. The Labute approximate surface area is 197 Å². The molecule has 0 amide bonds. The number of aromatic nitrogens is 2. The first-order valence-electron chi connectivity index (χ1n) is 12.0. The van der Waals surface area contributed by atoms with E-state index >= 15 is 0 Å². The Morgan fingerprint density at radius 3 is 2.39 bits per heavy atom.